The molecule has 0 atom stereocenters. The predicted molar refractivity (Wildman–Crippen MR) is 81.2 cm³/mol. The highest BCUT2D eigenvalue weighted by Crippen LogP contribution is 2.22. The molecule has 0 fully saturated rings. The van der Waals surface area contributed by atoms with Crippen molar-refractivity contribution in [1.29, 1.82) is 0 Å². The first-order valence-corrected chi connectivity index (χ1v) is 6.72. The van der Waals surface area contributed by atoms with Gasteiger partial charge in [-0.05, 0) is 38.5 Å². The van der Waals surface area contributed by atoms with E-state index in [2.05, 4.69) is 10.4 Å². The van der Waals surface area contributed by atoms with Gasteiger partial charge in [-0.1, -0.05) is 17.7 Å². The molecule has 20 heavy (non-hydrogen) atoms. The monoisotopic (exact) mass is 292 g/mol. The molecule has 2 rings (SSSR count). The summed E-state index contributed by atoms with van der Waals surface area (Å²) >= 11 is 6.04. The van der Waals surface area contributed by atoms with Crippen LogP contribution in [-0.2, 0) is 6.54 Å². The van der Waals surface area contributed by atoms with E-state index >= 15 is 0 Å². The minimum Gasteiger partial charge on any atom is -0.395 e. The van der Waals surface area contributed by atoms with Crippen LogP contribution >= 0.6 is 11.6 Å². The van der Waals surface area contributed by atoms with E-state index in [0.717, 1.165) is 5.56 Å². The SMILES string of the molecule is CCn1nc(C)c(N)c1C(=O)Nc1ccc(C)c(Cl)c1. The van der Waals surface area contributed by atoms with E-state index in [9.17, 15) is 4.79 Å². The van der Waals surface area contributed by atoms with Crippen LogP contribution in [0.1, 0.15) is 28.7 Å². The summed E-state index contributed by atoms with van der Waals surface area (Å²) in [5.74, 6) is -0.287. The molecule has 5 nitrogen and oxygen atoms in total. The zero-order valence-electron chi connectivity index (χ0n) is 11.7. The number of hydrogen-bond acceptors (Lipinski definition) is 3. The minimum atomic E-state index is -0.287. The van der Waals surface area contributed by atoms with Crippen molar-refractivity contribution in [3.05, 3.63) is 40.2 Å². The molecule has 0 aliphatic rings. The van der Waals surface area contributed by atoms with Crippen LogP contribution in [0.2, 0.25) is 5.02 Å². The zero-order chi connectivity index (χ0) is 14.9. The second-order valence-electron chi connectivity index (χ2n) is 4.58. The van der Waals surface area contributed by atoms with Gasteiger partial charge in [0.2, 0.25) is 0 Å². The van der Waals surface area contributed by atoms with Gasteiger partial charge in [-0.25, -0.2) is 0 Å². The van der Waals surface area contributed by atoms with E-state index in [0.29, 0.717) is 34.3 Å². The molecule has 0 aliphatic heterocycles. The number of aromatic nitrogens is 2. The first-order valence-electron chi connectivity index (χ1n) is 6.34. The lowest BCUT2D eigenvalue weighted by atomic mass is 10.2. The number of hydrogen-bond donors (Lipinski definition) is 2. The van der Waals surface area contributed by atoms with Crippen molar-refractivity contribution in [1.82, 2.24) is 9.78 Å². The summed E-state index contributed by atoms with van der Waals surface area (Å²) in [7, 11) is 0. The first-order chi connectivity index (χ1) is 9.43. The molecule has 106 valence electrons. The van der Waals surface area contributed by atoms with Crippen LogP contribution in [0.4, 0.5) is 11.4 Å². The van der Waals surface area contributed by atoms with Crippen LogP contribution in [0.15, 0.2) is 18.2 Å². The van der Waals surface area contributed by atoms with Crippen molar-refractivity contribution in [3.63, 3.8) is 0 Å². The lowest BCUT2D eigenvalue weighted by Gasteiger charge is -2.08. The highest BCUT2D eigenvalue weighted by atomic mass is 35.5. The van der Waals surface area contributed by atoms with Crippen molar-refractivity contribution >= 4 is 28.9 Å². The van der Waals surface area contributed by atoms with E-state index < -0.39 is 0 Å². The molecule has 0 saturated carbocycles. The normalized spacial score (nSPS) is 10.6. The number of benzene rings is 1. The van der Waals surface area contributed by atoms with Crippen molar-refractivity contribution in [3.8, 4) is 0 Å². The van der Waals surface area contributed by atoms with E-state index in [1.807, 2.05) is 19.9 Å². The van der Waals surface area contributed by atoms with E-state index in [1.54, 1.807) is 23.7 Å². The summed E-state index contributed by atoms with van der Waals surface area (Å²) < 4.78 is 1.59. The molecule has 0 radical (unpaired) electrons. The molecule has 1 aromatic carbocycles. The highest BCUT2D eigenvalue weighted by molar-refractivity contribution is 6.31. The number of rotatable bonds is 3. The number of nitrogens with zero attached hydrogens (tertiary/aromatic N) is 2. The minimum absolute atomic E-state index is 0.287. The fourth-order valence-electron chi connectivity index (χ4n) is 1.92. The first kappa shape index (κ1) is 14.4. The van der Waals surface area contributed by atoms with Crippen LogP contribution < -0.4 is 11.1 Å². The zero-order valence-corrected chi connectivity index (χ0v) is 12.5. The Morgan fingerprint density at radius 3 is 2.75 bits per heavy atom. The number of nitrogen functional groups attached to an aromatic ring is 1. The van der Waals surface area contributed by atoms with Gasteiger partial charge in [-0.2, -0.15) is 5.10 Å². The number of anilines is 2. The van der Waals surface area contributed by atoms with Crippen molar-refractivity contribution in [2.24, 2.45) is 0 Å². The quantitative estimate of drug-likeness (QED) is 0.913. The third-order valence-corrected chi connectivity index (χ3v) is 3.53. The van der Waals surface area contributed by atoms with Crippen LogP contribution in [-0.4, -0.2) is 15.7 Å². The maximum absolute atomic E-state index is 12.3. The second-order valence-corrected chi connectivity index (χ2v) is 4.99. The van der Waals surface area contributed by atoms with Gasteiger partial charge in [-0.15, -0.1) is 0 Å². The van der Waals surface area contributed by atoms with Crippen molar-refractivity contribution in [2.45, 2.75) is 27.3 Å². The third kappa shape index (κ3) is 2.63. The van der Waals surface area contributed by atoms with Gasteiger partial charge in [0.1, 0.15) is 5.69 Å². The number of halogens is 1. The van der Waals surface area contributed by atoms with Gasteiger partial charge in [0.05, 0.1) is 11.4 Å². The molecule has 0 spiro atoms. The Morgan fingerprint density at radius 1 is 1.45 bits per heavy atom. The lowest BCUT2D eigenvalue weighted by Crippen LogP contribution is -2.18. The van der Waals surface area contributed by atoms with Gasteiger partial charge in [-0.3, -0.25) is 9.48 Å². The number of carbonyl (C=O) groups excluding carboxylic acids is 1. The number of carbonyl (C=O) groups is 1. The molecule has 0 bridgehead atoms. The Morgan fingerprint density at radius 2 is 2.15 bits per heavy atom. The van der Waals surface area contributed by atoms with Gasteiger partial charge in [0, 0.05) is 17.3 Å². The molecule has 1 aromatic heterocycles. The largest absolute Gasteiger partial charge is 0.395 e. The van der Waals surface area contributed by atoms with E-state index in [1.165, 1.54) is 0 Å². The lowest BCUT2D eigenvalue weighted by molar-refractivity contribution is 0.101. The van der Waals surface area contributed by atoms with Crippen molar-refractivity contribution in [2.75, 3.05) is 11.1 Å². The molecule has 1 amide bonds. The maximum Gasteiger partial charge on any atom is 0.276 e. The van der Waals surface area contributed by atoms with E-state index in [-0.39, 0.29) is 5.91 Å². The van der Waals surface area contributed by atoms with E-state index in [4.69, 9.17) is 17.3 Å². The molecule has 6 heteroatoms. The molecular weight excluding hydrogens is 276 g/mol. The molecule has 3 N–H and O–H groups in total. The van der Waals surface area contributed by atoms with Gasteiger partial charge in [0.25, 0.3) is 5.91 Å². The molecular formula is C14H17ClN4O. The maximum atomic E-state index is 12.3. The number of nitrogens with one attached hydrogen (secondary N) is 1. The Hall–Kier alpha value is -2.01. The Labute approximate surface area is 122 Å². The summed E-state index contributed by atoms with van der Waals surface area (Å²) in [6.07, 6.45) is 0. The highest BCUT2D eigenvalue weighted by Gasteiger charge is 2.19. The third-order valence-electron chi connectivity index (χ3n) is 3.12. The van der Waals surface area contributed by atoms with Gasteiger partial charge < -0.3 is 11.1 Å². The Kier molecular flexibility index (Phi) is 3.99. The molecule has 0 aliphatic carbocycles. The molecule has 0 saturated heterocycles. The average Bonchev–Trinajstić information content (AvgIpc) is 2.69. The molecule has 0 unspecified atom stereocenters. The fourth-order valence-corrected chi connectivity index (χ4v) is 2.11. The summed E-state index contributed by atoms with van der Waals surface area (Å²) in [5.41, 5.74) is 8.94. The fraction of sp³-hybridized carbons (Fsp3) is 0.286. The van der Waals surface area contributed by atoms with Crippen LogP contribution in [0.25, 0.3) is 0 Å². The Bertz CT molecular complexity index is 663. The molecule has 2 aromatic rings. The summed E-state index contributed by atoms with van der Waals surface area (Å²) in [6.45, 7) is 6.17. The van der Waals surface area contributed by atoms with Crippen molar-refractivity contribution < 1.29 is 4.79 Å². The van der Waals surface area contributed by atoms with Crippen LogP contribution in [0.5, 0.6) is 0 Å². The van der Waals surface area contributed by atoms with Gasteiger partial charge in [0.15, 0.2) is 0 Å². The van der Waals surface area contributed by atoms with Gasteiger partial charge >= 0.3 is 0 Å². The standard InChI is InChI=1S/C14H17ClN4O/c1-4-19-13(12(16)9(3)18-19)14(20)17-10-6-5-8(2)11(15)7-10/h5-7H,4,16H2,1-3H3,(H,17,20). The Balaban J connectivity index is 2.30. The number of nitrogens with two attached hydrogens (primary N) is 1. The molecule has 1 heterocycles. The second kappa shape index (κ2) is 5.54. The van der Waals surface area contributed by atoms with Crippen LogP contribution in [0.3, 0.4) is 0 Å². The summed E-state index contributed by atoms with van der Waals surface area (Å²) in [6, 6.07) is 5.36. The predicted octanol–water partition coefficient (Wildman–Crippen LogP) is 3.01. The smallest absolute Gasteiger partial charge is 0.276 e. The topological polar surface area (TPSA) is 72.9 Å². The van der Waals surface area contributed by atoms with Crippen LogP contribution in [0, 0.1) is 13.8 Å². The average molecular weight is 293 g/mol. The number of amides is 1. The number of aryl methyl sites for hydroxylation is 3. The summed E-state index contributed by atoms with van der Waals surface area (Å²) in [4.78, 5) is 12.3. The summed E-state index contributed by atoms with van der Waals surface area (Å²) in [5, 5.41) is 7.63.